The molecule has 2 N–H and O–H groups in total. The molecule has 0 saturated carbocycles. The summed E-state index contributed by atoms with van der Waals surface area (Å²) < 4.78 is 1.21. The number of amides is 1. The lowest BCUT2D eigenvalue weighted by Crippen LogP contribution is -2.41. The van der Waals surface area contributed by atoms with Gasteiger partial charge in [0.2, 0.25) is 5.91 Å². The van der Waals surface area contributed by atoms with Crippen molar-refractivity contribution in [1.82, 2.24) is 10.6 Å². The quantitative estimate of drug-likeness (QED) is 0.859. The minimum atomic E-state index is -0.146. The van der Waals surface area contributed by atoms with Gasteiger partial charge in [0.05, 0.1) is 3.79 Å². The van der Waals surface area contributed by atoms with Crippen molar-refractivity contribution in [3.05, 3.63) is 20.3 Å². The van der Waals surface area contributed by atoms with Gasteiger partial charge in [-0.25, -0.2) is 0 Å². The number of carbonyl (C=O) groups excluding carboxylic acids is 1. The van der Waals surface area contributed by atoms with Gasteiger partial charge in [-0.3, -0.25) is 4.79 Å². The molecule has 1 unspecified atom stereocenters. The van der Waals surface area contributed by atoms with Gasteiger partial charge in [-0.1, -0.05) is 0 Å². The van der Waals surface area contributed by atoms with Crippen LogP contribution in [0, 0.1) is 0 Å². The monoisotopic (exact) mass is 358 g/mol. The lowest BCUT2D eigenvalue weighted by Gasteiger charge is -2.24. The van der Waals surface area contributed by atoms with E-state index in [2.05, 4.69) is 32.6 Å². The summed E-state index contributed by atoms with van der Waals surface area (Å²) >= 11 is 5.41. The Morgan fingerprint density at radius 3 is 2.95 bits per heavy atom. The van der Waals surface area contributed by atoms with E-state index in [0.29, 0.717) is 12.5 Å². The molecule has 0 aromatic carbocycles. The molecule has 0 spiro atoms. The van der Waals surface area contributed by atoms with Crippen molar-refractivity contribution in [1.29, 1.82) is 0 Å². The Morgan fingerprint density at radius 2 is 2.25 bits per heavy atom. The zero-order valence-electron chi connectivity index (χ0n) is 12.4. The molecule has 1 aromatic heterocycles. The molecule has 1 heterocycles. The van der Waals surface area contributed by atoms with Crippen LogP contribution >= 0.6 is 27.3 Å². The van der Waals surface area contributed by atoms with Crippen molar-refractivity contribution in [2.45, 2.75) is 58.0 Å². The SMILES string of the molecule is CC(C)(C)NC(=O)CCNC1CCCc2sc(Br)cc21. The van der Waals surface area contributed by atoms with Crippen LogP contribution in [0.4, 0.5) is 0 Å². The molecule has 112 valence electrons. The van der Waals surface area contributed by atoms with Crippen LogP contribution in [0.3, 0.4) is 0 Å². The Hall–Kier alpha value is -0.390. The number of halogens is 1. The summed E-state index contributed by atoms with van der Waals surface area (Å²) in [5, 5.41) is 6.53. The molecule has 3 nitrogen and oxygen atoms in total. The maximum absolute atomic E-state index is 11.8. The van der Waals surface area contributed by atoms with Crippen LogP contribution in [-0.2, 0) is 11.2 Å². The first-order chi connectivity index (χ1) is 9.35. The standard InChI is InChI=1S/C15H23BrN2OS/c1-15(2,3)18-14(19)7-8-17-11-5-4-6-12-10(11)9-13(16)20-12/h9,11,17H,4-8H2,1-3H3,(H,18,19). The van der Waals surface area contributed by atoms with E-state index in [1.165, 1.54) is 27.1 Å². The lowest BCUT2D eigenvalue weighted by atomic mass is 9.94. The average molecular weight is 359 g/mol. The number of hydrogen-bond acceptors (Lipinski definition) is 3. The molecule has 1 aliphatic carbocycles. The molecule has 5 heteroatoms. The van der Waals surface area contributed by atoms with Gasteiger partial charge < -0.3 is 10.6 Å². The van der Waals surface area contributed by atoms with E-state index in [-0.39, 0.29) is 11.4 Å². The number of fused-ring (bicyclic) bond motifs is 1. The van der Waals surface area contributed by atoms with Crippen LogP contribution in [-0.4, -0.2) is 18.0 Å². The molecule has 2 rings (SSSR count). The maximum atomic E-state index is 11.8. The number of nitrogens with one attached hydrogen (secondary N) is 2. The number of carbonyl (C=O) groups is 1. The van der Waals surface area contributed by atoms with E-state index in [0.717, 1.165) is 13.0 Å². The first-order valence-electron chi connectivity index (χ1n) is 7.17. The summed E-state index contributed by atoms with van der Waals surface area (Å²) in [5.74, 6) is 0.118. The molecular formula is C15H23BrN2OS. The molecular weight excluding hydrogens is 336 g/mol. The molecule has 0 aliphatic heterocycles. The third-order valence-corrected chi connectivity index (χ3v) is 5.05. The Labute approximate surface area is 133 Å². The van der Waals surface area contributed by atoms with E-state index in [1.54, 1.807) is 0 Å². The van der Waals surface area contributed by atoms with Crippen molar-refractivity contribution in [3.63, 3.8) is 0 Å². The highest BCUT2D eigenvalue weighted by molar-refractivity contribution is 9.11. The van der Waals surface area contributed by atoms with Crippen LogP contribution in [0.15, 0.2) is 9.85 Å². The molecule has 1 amide bonds. The molecule has 1 atom stereocenters. The third-order valence-electron chi connectivity index (χ3n) is 3.34. The van der Waals surface area contributed by atoms with Gasteiger partial charge >= 0.3 is 0 Å². The Morgan fingerprint density at radius 1 is 1.50 bits per heavy atom. The molecule has 20 heavy (non-hydrogen) atoms. The fraction of sp³-hybridized carbons (Fsp3) is 0.667. The van der Waals surface area contributed by atoms with Crippen LogP contribution in [0.5, 0.6) is 0 Å². The van der Waals surface area contributed by atoms with Crippen molar-refractivity contribution in [2.24, 2.45) is 0 Å². The fourth-order valence-corrected chi connectivity index (χ4v) is 4.39. The van der Waals surface area contributed by atoms with Gasteiger partial charge in [0.25, 0.3) is 0 Å². The largest absolute Gasteiger partial charge is 0.351 e. The molecule has 0 saturated heterocycles. The van der Waals surface area contributed by atoms with E-state index in [9.17, 15) is 4.79 Å². The topological polar surface area (TPSA) is 41.1 Å². The van der Waals surface area contributed by atoms with Gasteiger partial charge in [0, 0.05) is 29.4 Å². The van der Waals surface area contributed by atoms with E-state index in [1.807, 2.05) is 32.1 Å². The Bertz CT molecular complexity index is 479. The second-order valence-electron chi connectivity index (χ2n) is 6.38. The molecule has 0 fully saturated rings. The van der Waals surface area contributed by atoms with Crippen LogP contribution in [0.2, 0.25) is 0 Å². The average Bonchev–Trinajstić information content (AvgIpc) is 2.67. The van der Waals surface area contributed by atoms with E-state index >= 15 is 0 Å². The van der Waals surface area contributed by atoms with Gasteiger partial charge in [0.15, 0.2) is 0 Å². The highest BCUT2D eigenvalue weighted by Crippen LogP contribution is 2.37. The minimum Gasteiger partial charge on any atom is -0.351 e. The highest BCUT2D eigenvalue weighted by atomic mass is 79.9. The maximum Gasteiger partial charge on any atom is 0.221 e. The molecule has 0 bridgehead atoms. The number of aryl methyl sites for hydroxylation is 1. The summed E-state index contributed by atoms with van der Waals surface area (Å²) in [7, 11) is 0. The summed E-state index contributed by atoms with van der Waals surface area (Å²) in [6.07, 6.45) is 4.12. The van der Waals surface area contributed by atoms with E-state index < -0.39 is 0 Å². The van der Waals surface area contributed by atoms with Crippen LogP contribution < -0.4 is 10.6 Å². The Balaban J connectivity index is 1.82. The number of thiophene rings is 1. The third kappa shape index (κ3) is 4.57. The van der Waals surface area contributed by atoms with Crippen LogP contribution in [0.1, 0.15) is 56.5 Å². The second-order valence-corrected chi connectivity index (χ2v) is 8.89. The second kappa shape index (κ2) is 6.58. The number of rotatable bonds is 4. The summed E-state index contributed by atoms with van der Waals surface area (Å²) in [5.41, 5.74) is 1.28. The smallest absolute Gasteiger partial charge is 0.221 e. The molecule has 1 aromatic rings. The summed E-state index contributed by atoms with van der Waals surface area (Å²) in [4.78, 5) is 13.3. The lowest BCUT2D eigenvalue weighted by molar-refractivity contribution is -0.122. The first-order valence-corrected chi connectivity index (χ1v) is 8.78. The van der Waals surface area contributed by atoms with Gasteiger partial charge in [-0.15, -0.1) is 11.3 Å². The fourth-order valence-electron chi connectivity index (χ4n) is 2.57. The van der Waals surface area contributed by atoms with Crippen LogP contribution in [0.25, 0.3) is 0 Å². The molecule has 0 radical (unpaired) electrons. The van der Waals surface area contributed by atoms with Gasteiger partial charge in [-0.05, 0) is 67.6 Å². The number of hydrogen-bond donors (Lipinski definition) is 2. The van der Waals surface area contributed by atoms with Crippen molar-refractivity contribution < 1.29 is 4.79 Å². The van der Waals surface area contributed by atoms with Gasteiger partial charge in [-0.2, -0.15) is 0 Å². The zero-order valence-corrected chi connectivity index (χ0v) is 14.8. The normalized spacial score (nSPS) is 18.7. The van der Waals surface area contributed by atoms with Gasteiger partial charge in [0.1, 0.15) is 0 Å². The summed E-state index contributed by atoms with van der Waals surface area (Å²) in [6, 6.07) is 2.63. The Kier molecular flexibility index (Phi) is 5.26. The first kappa shape index (κ1) is 16.0. The molecule has 1 aliphatic rings. The van der Waals surface area contributed by atoms with Crippen molar-refractivity contribution >= 4 is 33.2 Å². The van der Waals surface area contributed by atoms with E-state index in [4.69, 9.17) is 0 Å². The highest BCUT2D eigenvalue weighted by Gasteiger charge is 2.22. The van der Waals surface area contributed by atoms with Crippen molar-refractivity contribution in [2.75, 3.05) is 6.54 Å². The summed E-state index contributed by atoms with van der Waals surface area (Å²) in [6.45, 7) is 6.76. The van der Waals surface area contributed by atoms with Crippen molar-refractivity contribution in [3.8, 4) is 0 Å². The minimum absolute atomic E-state index is 0.118. The zero-order chi connectivity index (χ0) is 14.8. The predicted molar refractivity (Wildman–Crippen MR) is 88.2 cm³/mol. The predicted octanol–water partition coefficient (Wildman–Crippen LogP) is 3.78.